The lowest BCUT2D eigenvalue weighted by atomic mass is 10.00. The Balaban J connectivity index is 1.75. The van der Waals surface area contributed by atoms with Crippen LogP contribution in [0.5, 0.6) is 0 Å². The van der Waals surface area contributed by atoms with Gasteiger partial charge < -0.3 is 16.4 Å². The number of halogens is 1. The standard InChI is InChI=1S/C24H24FN3O3/c1-15(29)27-22(14-16-5-4-8-20(25)12-16)24(31)28-21(23(26)30)13-17-9-10-18-6-2-3-7-19(18)11-17/h2-12,21-22H,13-14H2,1H3,(H2,26,30)(H,27,29)(H,28,31)/t21-,22+/m0/s1. The fourth-order valence-electron chi connectivity index (χ4n) is 3.45. The molecule has 0 saturated carbocycles. The van der Waals surface area contributed by atoms with Crippen LogP contribution in [0.4, 0.5) is 4.39 Å². The number of hydrogen-bond donors (Lipinski definition) is 3. The molecule has 3 aromatic rings. The number of rotatable bonds is 8. The molecule has 0 aliphatic heterocycles. The first-order valence-electron chi connectivity index (χ1n) is 9.91. The van der Waals surface area contributed by atoms with Crippen LogP contribution in [0, 0.1) is 5.82 Å². The monoisotopic (exact) mass is 421 g/mol. The number of nitrogens with one attached hydrogen (secondary N) is 2. The second kappa shape index (κ2) is 9.84. The number of hydrogen-bond acceptors (Lipinski definition) is 3. The van der Waals surface area contributed by atoms with E-state index in [4.69, 9.17) is 5.73 Å². The van der Waals surface area contributed by atoms with E-state index in [1.54, 1.807) is 6.07 Å². The Morgan fingerprint density at radius 2 is 1.52 bits per heavy atom. The van der Waals surface area contributed by atoms with Crippen LogP contribution in [0.1, 0.15) is 18.1 Å². The minimum Gasteiger partial charge on any atom is -0.368 e. The van der Waals surface area contributed by atoms with Gasteiger partial charge in [0.1, 0.15) is 17.9 Å². The maximum absolute atomic E-state index is 13.5. The van der Waals surface area contributed by atoms with Crippen molar-refractivity contribution in [2.45, 2.75) is 31.8 Å². The van der Waals surface area contributed by atoms with Gasteiger partial charge >= 0.3 is 0 Å². The molecule has 0 unspecified atom stereocenters. The van der Waals surface area contributed by atoms with E-state index >= 15 is 0 Å². The van der Waals surface area contributed by atoms with Gasteiger partial charge in [0.2, 0.25) is 17.7 Å². The number of primary amides is 1. The van der Waals surface area contributed by atoms with Gasteiger partial charge in [-0.3, -0.25) is 14.4 Å². The van der Waals surface area contributed by atoms with Crippen LogP contribution >= 0.6 is 0 Å². The van der Waals surface area contributed by atoms with Crippen molar-refractivity contribution in [3.05, 3.63) is 83.7 Å². The summed E-state index contributed by atoms with van der Waals surface area (Å²) in [5.41, 5.74) is 6.91. The van der Waals surface area contributed by atoms with Crippen LogP contribution < -0.4 is 16.4 Å². The van der Waals surface area contributed by atoms with E-state index < -0.39 is 35.6 Å². The molecular formula is C24H24FN3O3. The summed E-state index contributed by atoms with van der Waals surface area (Å²) < 4.78 is 13.5. The summed E-state index contributed by atoms with van der Waals surface area (Å²) in [6.45, 7) is 1.28. The molecule has 6 nitrogen and oxygen atoms in total. The van der Waals surface area contributed by atoms with Crippen molar-refractivity contribution in [3.8, 4) is 0 Å². The highest BCUT2D eigenvalue weighted by Crippen LogP contribution is 2.17. The summed E-state index contributed by atoms with van der Waals surface area (Å²) in [4.78, 5) is 36.5. The van der Waals surface area contributed by atoms with Gasteiger partial charge in [0.25, 0.3) is 0 Å². The fraction of sp³-hybridized carbons (Fsp3) is 0.208. The quantitative estimate of drug-likeness (QED) is 0.520. The third-order valence-electron chi connectivity index (χ3n) is 4.94. The molecular weight excluding hydrogens is 397 g/mol. The van der Waals surface area contributed by atoms with Crippen molar-refractivity contribution >= 4 is 28.5 Å². The van der Waals surface area contributed by atoms with Crippen LogP contribution in [0.2, 0.25) is 0 Å². The van der Waals surface area contributed by atoms with Crippen LogP contribution in [0.3, 0.4) is 0 Å². The molecule has 0 bridgehead atoms. The Bertz CT molecular complexity index is 1120. The smallest absolute Gasteiger partial charge is 0.243 e. The van der Waals surface area contributed by atoms with Gasteiger partial charge in [0.15, 0.2) is 0 Å². The van der Waals surface area contributed by atoms with Gasteiger partial charge in [-0.2, -0.15) is 0 Å². The van der Waals surface area contributed by atoms with Crippen molar-refractivity contribution in [3.63, 3.8) is 0 Å². The van der Waals surface area contributed by atoms with E-state index in [1.807, 2.05) is 42.5 Å². The lowest BCUT2D eigenvalue weighted by Crippen LogP contribution is -2.54. The zero-order valence-corrected chi connectivity index (χ0v) is 17.1. The van der Waals surface area contributed by atoms with Crippen LogP contribution in [-0.2, 0) is 27.2 Å². The van der Waals surface area contributed by atoms with Crippen molar-refractivity contribution < 1.29 is 18.8 Å². The molecule has 0 aliphatic rings. The second-order valence-electron chi connectivity index (χ2n) is 7.44. The highest BCUT2D eigenvalue weighted by molar-refractivity contribution is 5.91. The molecule has 31 heavy (non-hydrogen) atoms. The first-order valence-corrected chi connectivity index (χ1v) is 9.91. The minimum atomic E-state index is -0.974. The third kappa shape index (κ3) is 6.12. The van der Waals surface area contributed by atoms with Gasteiger partial charge in [-0.25, -0.2) is 4.39 Å². The van der Waals surface area contributed by atoms with Crippen molar-refractivity contribution in [2.24, 2.45) is 5.73 Å². The lowest BCUT2D eigenvalue weighted by Gasteiger charge is -2.22. The summed E-state index contributed by atoms with van der Waals surface area (Å²) in [6, 6.07) is 17.4. The van der Waals surface area contributed by atoms with Crippen molar-refractivity contribution in [1.29, 1.82) is 0 Å². The van der Waals surface area contributed by atoms with Crippen molar-refractivity contribution in [1.82, 2.24) is 10.6 Å². The van der Waals surface area contributed by atoms with Gasteiger partial charge in [0, 0.05) is 19.8 Å². The number of fused-ring (bicyclic) bond motifs is 1. The summed E-state index contributed by atoms with van der Waals surface area (Å²) in [5.74, 6) is -2.11. The molecule has 0 aliphatic carbocycles. The molecule has 0 saturated heterocycles. The Morgan fingerprint density at radius 3 is 2.19 bits per heavy atom. The zero-order chi connectivity index (χ0) is 22.4. The molecule has 3 rings (SSSR count). The first kappa shape index (κ1) is 22.0. The van der Waals surface area contributed by atoms with Crippen LogP contribution in [0.25, 0.3) is 10.8 Å². The van der Waals surface area contributed by atoms with E-state index in [0.29, 0.717) is 5.56 Å². The molecule has 3 amide bonds. The van der Waals surface area contributed by atoms with E-state index in [2.05, 4.69) is 10.6 Å². The highest BCUT2D eigenvalue weighted by Gasteiger charge is 2.25. The number of nitrogens with two attached hydrogens (primary N) is 1. The van der Waals surface area contributed by atoms with Gasteiger partial charge in [-0.1, -0.05) is 54.6 Å². The van der Waals surface area contributed by atoms with Gasteiger partial charge in [0.05, 0.1) is 0 Å². The van der Waals surface area contributed by atoms with Crippen LogP contribution in [0.15, 0.2) is 66.7 Å². The number of carbonyl (C=O) groups is 3. The molecule has 0 heterocycles. The maximum atomic E-state index is 13.5. The molecule has 0 aromatic heterocycles. The fourth-order valence-corrected chi connectivity index (χ4v) is 3.45. The average Bonchev–Trinajstić information content (AvgIpc) is 2.72. The Morgan fingerprint density at radius 1 is 0.839 bits per heavy atom. The van der Waals surface area contributed by atoms with Gasteiger partial charge in [-0.05, 0) is 34.0 Å². The Kier molecular flexibility index (Phi) is 6.97. The van der Waals surface area contributed by atoms with E-state index in [9.17, 15) is 18.8 Å². The first-order chi connectivity index (χ1) is 14.8. The summed E-state index contributed by atoms with van der Waals surface area (Å²) in [5, 5.41) is 7.26. The molecule has 0 spiro atoms. The van der Waals surface area contributed by atoms with E-state index in [1.165, 1.54) is 25.1 Å². The highest BCUT2D eigenvalue weighted by atomic mass is 19.1. The summed E-state index contributed by atoms with van der Waals surface area (Å²) in [7, 11) is 0. The largest absolute Gasteiger partial charge is 0.368 e. The molecule has 0 fully saturated rings. The number of carbonyl (C=O) groups excluding carboxylic acids is 3. The minimum absolute atomic E-state index is 0.0740. The number of benzene rings is 3. The van der Waals surface area contributed by atoms with E-state index in [-0.39, 0.29) is 12.8 Å². The molecule has 3 aromatic carbocycles. The lowest BCUT2D eigenvalue weighted by molar-refractivity contribution is -0.130. The second-order valence-corrected chi connectivity index (χ2v) is 7.44. The Labute approximate surface area is 179 Å². The third-order valence-corrected chi connectivity index (χ3v) is 4.94. The van der Waals surface area contributed by atoms with Crippen LogP contribution in [-0.4, -0.2) is 29.8 Å². The number of amides is 3. The average molecular weight is 421 g/mol. The van der Waals surface area contributed by atoms with Gasteiger partial charge in [-0.15, -0.1) is 0 Å². The molecule has 0 radical (unpaired) electrons. The molecule has 4 N–H and O–H groups in total. The summed E-state index contributed by atoms with van der Waals surface area (Å²) in [6.07, 6.45) is 0.281. The predicted molar refractivity (Wildman–Crippen MR) is 116 cm³/mol. The zero-order valence-electron chi connectivity index (χ0n) is 17.1. The molecule has 160 valence electrons. The molecule has 7 heteroatoms. The van der Waals surface area contributed by atoms with E-state index in [0.717, 1.165) is 16.3 Å². The topological polar surface area (TPSA) is 101 Å². The van der Waals surface area contributed by atoms with Crippen molar-refractivity contribution in [2.75, 3.05) is 0 Å². The molecule has 2 atom stereocenters. The maximum Gasteiger partial charge on any atom is 0.243 e. The summed E-state index contributed by atoms with van der Waals surface area (Å²) >= 11 is 0. The predicted octanol–water partition coefficient (Wildman–Crippen LogP) is 2.24. The Hall–Kier alpha value is -3.74. The SMILES string of the molecule is CC(=O)N[C@H](Cc1cccc(F)c1)C(=O)N[C@@H](Cc1ccc2ccccc2c1)C(N)=O. The normalized spacial score (nSPS) is 12.7.